The number of carbonyl (C=O) groups excluding carboxylic acids is 1. The second kappa shape index (κ2) is 9.89. The van der Waals surface area contributed by atoms with Gasteiger partial charge in [0.05, 0.1) is 5.69 Å². The Labute approximate surface area is 198 Å². The molecule has 2 amide bonds. The molecule has 0 bridgehead atoms. The fourth-order valence-electron chi connectivity index (χ4n) is 4.59. The number of carbonyl (C=O) groups is 1. The first kappa shape index (κ1) is 21.9. The highest BCUT2D eigenvalue weighted by Crippen LogP contribution is 2.35. The number of urea groups is 1. The highest BCUT2D eigenvalue weighted by Gasteiger charge is 2.20. The van der Waals surface area contributed by atoms with Gasteiger partial charge in [-0.1, -0.05) is 18.2 Å². The minimum atomic E-state index is -0.383. The number of fused-ring (bicyclic) bond motifs is 2. The third-order valence-corrected chi connectivity index (χ3v) is 7.34. The van der Waals surface area contributed by atoms with Crippen molar-refractivity contribution < 1.29 is 14.3 Å². The molecular weight excluding hydrogens is 436 g/mol. The summed E-state index contributed by atoms with van der Waals surface area (Å²) in [5.74, 6) is 1.68. The SMILES string of the molecule is NC(=O)N(CCCCN1CCN(c2ccc3c(c2)OCCO3)CC1)c1csc2ccccc12. The molecule has 8 heteroatoms. The second-order valence-electron chi connectivity index (χ2n) is 8.47. The molecule has 0 radical (unpaired) electrons. The predicted octanol–water partition coefficient (Wildman–Crippen LogP) is 4.16. The van der Waals surface area contributed by atoms with Gasteiger partial charge >= 0.3 is 6.03 Å². The van der Waals surface area contributed by atoms with E-state index >= 15 is 0 Å². The van der Waals surface area contributed by atoms with E-state index in [1.807, 2.05) is 23.6 Å². The maximum Gasteiger partial charge on any atom is 0.319 e. The Bertz CT molecular complexity index is 1110. The van der Waals surface area contributed by atoms with Crippen molar-refractivity contribution in [2.24, 2.45) is 5.73 Å². The Kier molecular flexibility index (Phi) is 6.55. The predicted molar refractivity (Wildman–Crippen MR) is 134 cm³/mol. The first-order valence-electron chi connectivity index (χ1n) is 11.6. The van der Waals surface area contributed by atoms with Crippen molar-refractivity contribution in [3.63, 3.8) is 0 Å². The summed E-state index contributed by atoms with van der Waals surface area (Å²) < 4.78 is 12.5. The molecule has 0 unspecified atom stereocenters. The Balaban J connectivity index is 1.09. The number of hydrogen-bond donors (Lipinski definition) is 1. The molecule has 7 nitrogen and oxygen atoms in total. The Hall–Kier alpha value is -2.97. The average Bonchev–Trinajstić information content (AvgIpc) is 3.28. The molecule has 1 saturated heterocycles. The molecule has 3 heterocycles. The molecule has 2 aromatic carbocycles. The lowest BCUT2D eigenvalue weighted by Gasteiger charge is -2.36. The van der Waals surface area contributed by atoms with E-state index in [0.717, 1.165) is 68.1 Å². The summed E-state index contributed by atoms with van der Waals surface area (Å²) in [4.78, 5) is 18.8. The zero-order chi connectivity index (χ0) is 22.6. The van der Waals surface area contributed by atoms with Crippen LogP contribution in [0.2, 0.25) is 0 Å². The lowest BCUT2D eigenvalue weighted by Crippen LogP contribution is -2.46. The number of ether oxygens (including phenoxy) is 2. The number of anilines is 2. The summed E-state index contributed by atoms with van der Waals surface area (Å²) in [5, 5.41) is 3.13. The van der Waals surface area contributed by atoms with Gasteiger partial charge in [0, 0.05) is 59.9 Å². The molecule has 2 N–H and O–H groups in total. The molecule has 1 aromatic heterocycles. The number of piperazine rings is 1. The first-order valence-corrected chi connectivity index (χ1v) is 12.5. The van der Waals surface area contributed by atoms with Crippen molar-refractivity contribution >= 4 is 38.8 Å². The molecule has 0 aliphatic carbocycles. The minimum Gasteiger partial charge on any atom is -0.486 e. The van der Waals surface area contributed by atoms with E-state index in [1.165, 1.54) is 10.4 Å². The molecule has 33 heavy (non-hydrogen) atoms. The molecule has 0 atom stereocenters. The molecule has 174 valence electrons. The highest BCUT2D eigenvalue weighted by molar-refractivity contribution is 7.17. The van der Waals surface area contributed by atoms with Crippen LogP contribution in [0, 0.1) is 0 Å². The molecule has 5 rings (SSSR count). The summed E-state index contributed by atoms with van der Waals surface area (Å²) in [6.07, 6.45) is 1.96. The molecular formula is C25H30N4O3S. The highest BCUT2D eigenvalue weighted by atomic mass is 32.1. The Morgan fingerprint density at radius 3 is 2.61 bits per heavy atom. The van der Waals surface area contributed by atoms with Crippen LogP contribution in [0.15, 0.2) is 47.8 Å². The van der Waals surface area contributed by atoms with Crippen LogP contribution in [0.25, 0.3) is 10.1 Å². The number of thiophene rings is 1. The van der Waals surface area contributed by atoms with Gasteiger partial charge in [-0.15, -0.1) is 11.3 Å². The Morgan fingerprint density at radius 1 is 1.00 bits per heavy atom. The van der Waals surface area contributed by atoms with Crippen molar-refractivity contribution in [2.75, 3.05) is 62.3 Å². The third-order valence-electron chi connectivity index (χ3n) is 6.39. The molecule has 2 aliphatic rings. The van der Waals surface area contributed by atoms with Gasteiger partial charge in [-0.05, 0) is 37.6 Å². The maximum absolute atomic E-state index is 12.1. The van der Waals surface area contributed by atoms with Crippen LogP contribution >= 0.6 is 11.3 Å². The van der Waals surface area contributed by atoms with Crippen molar-refractivity contribution in [3.8, 4) is 11.5 Å². The molecule has 2 aliphatic heterocycles. The van der Waals surface area contributed by atoms with E-state index in [-0.39, 0.29) is 6.03 Å². The smallest absolute Gasteiger partial charge is 0.319 e. The van der Waals surface area contributed by atoms with Crippen LogP contribution in [0.5, 0.6) is 11.5 Å². The summed E-state index contributed by atoms with van der Waals surface area (Å²) in [6.45, 7) is 6.96. The van der Waals surface area contributed by atoms with Gasteiger partial charge in [-0.3, -0.25) is 9.80 Å². The topological polar surface area (TPSA) is 71.3 Å². The number of hydrogen-bond acceptors (Lipinski definition) is 6. The van der Waals surface area contributed by atoms with Gasteiger partial charge in [0.1, 0.15) is 13.2 Å². The number of nitrogens with two attached hydrogens (primary N) is 1. The van der Waals surface area contributed by atoms with Crippen LogP contribution in [0.3, 0.4) is 0 Å². The summed E-state index contributed by atoms with van der Waals surface area (Å²) in [7, 11) is 0. The number of nitrogens with zero attached hydrogens (tertiary/aromatic N) is 3. The van der Waals surface area contributed by atoms with Crippen molar-refractivity contribution in [2.45, 2.75) is 12.8 Å². The van der Waals surface area contributed by atoms with Crippen LogP contribution < -0.4 is 25.0 Å². The molecule has 3 aromatic rings. The maximum atomic E-state index is 12.1. The zero-order valence-corrected chi connectivity index (χ0v) is 19.6. The summed E-state index contributed by atoms with van der Waals surface area (Å²) >= 11 is 1.65. The Morgan fingerprint density at radius 2 is 1.79 bits per heavy atom. The normalized spacial score (nSPS) is 16.2. The van der Waals surface area contributed by atoms with Gasteiger partial charge in [-0.2, -0.15) is 0 Å². The van der Waals surface area contributed by atoms with Crippen molar-refractivity contribution in [1.82, 2.24) is 4.90 Å². The standard InChI is InChI=1S/C25H30N4O3S/c26-25(30)29(21-18-33-24-6-2-1-5-20(21)24)10-4-3-9-27-11-13-28(14-12-27)19-7-8-22-23(17-19)32-16-15-31-22/h1-2,5-8,17-18H,3-4,9-16H2,(H2,26,30). The fraction of sp³-hybridized carbons (Fsp3) is 0.400. The molecule has 1 fully saturated rings. The third kappa shape index (κ3) is 4.86. The number of rotatable bonds is 7. The molecule has 0 spiro atoms. The second-order valence-corrected chi connectivity index (χ2v) is 9.38. The van der Waals surface area contributed by atoms with Crippen LogP contribution in [-0.2, 0) is 0 Å². The van der Waals surface area contributed by atoms with E-state index in [2.05, 4.69) is 34.1 Å². The lowest BCUT2D eigenvalue weighted by molar-refractivity contribution is 0.171. The monoisotopic (exact) mass is 466 g/mol. The van der Waals surface area contributed by atoms with Crippen molar-refractivity contribution in [1.29, 1.82) is 0 Å². The van der Waals surface area contributed by atoms with E-state index in [0.29, 0.717) is 19.8 Å². The van der Waals surface area contributed by atoms with Gasteiger partial charge in [0.15, 0.2) is 11.5 Å². The van der Waals surface area contributed by atoms with Crippen molar-refractivity contribution in [3.05, 3.63) is 47.8 Å². The van der Waals surface area contributed by atoms with Gasteiger partial charge in [0.2, 0.25) is 0 Å². The number of benzene rings is 2. The lowest BCUT2D eigenvalue weighted by atomic mass is 10.2. The van der Waals surface area contributed by atoms with E-state index < -0.39 is 0 Å². The van der Waals surface area contributed by atoms with E-state index in [4.69, 9.17) is 15.2 Å². The van der Waals surface area contributed by atoms with Crippen LogP contribution in [0.1, 0.15) is 12.8 Å². The summed E-state index contributed by atoms with van der Waals surface area (Å²) in [6, 6.07) is 14.0. The largest absolute Gasteiger partial charge is 0.486 e. The average molecular weight is 467 g/mol. The van der Waals surface area contributed by atoms with Gasteiger partial charge in [-0.25, -0.2) is 4.79 Å². The quantitative estimate of drug-likeness (QED) is 0.530. The molecule has 0 saturated carbocycles. The zero-order valence-electron chi connectivity index (χ0n) is 18.7. The minimum absolute atomic E-state index is 0.383. The summed E-state index contributed by atoms with van der Waals surface area (Å²) in [5.41, 5.74) is 7.84. The van der Waals surface area contributed by atoms with E-state index in [9.17, 15) is 4.79 Å². The number of primary amides is 1. The number of amides is 2. The first-order chi connectivity index (χ1) is 16.2. The van der Waals surface area contributed by atoms with Gasteiger partial charge < -0.3 is 20.1 Å². The van der Waals surface area contributed by atoms with E-state index in [1.54, 1.807) is 16.2 Å². The van der Waals surface area contributed by atoms with Crippen LogP contribution in [0.4, 0.5) is 16.2 Å². The van der Waals surface area contributed by atoms with Crippen LogP contribution in [-0.4, -0.2) is 63.4 Å². The number of unbranched alkanes of at least 4 members (excludes halogenated alkanes) is 1. The van der Waals surface area contributed by atoms with Gasteiger partial charge in [0.25, 0.3) is 0 Å². The fourth-order valence-corrected chi connectivity index (χ4v) is 5.54.